The highest BCUT2D eigenvalue weighted by Crippen LogP contribution is 2.27. The van der Waals surface area contributed by atoms with Crippen molar-refractivity contribution in [2.45, 2.75) is 33.2 Å². The number of non-ortho nitro benzene ring substituents is 1. The number of carbonyl (C=O) groups excluding carboxylic acids is 1. The molecule has 8 nitrogen and oxygen atoms in total. The van der Waals surface area contributed by atoms with Crippen LogP contribution >= 0.6 is 0 Å². The van der Waals surface area contributed by atoms with Crippen LogP contribution in [0.15, 0.2) is 42.5 Å². The van der Waals surface area contributed by atoms with E-state index in [1.807, 2.05) is 31.2 Å². The summed E-state index contributed by atoms with van der Waals surface area (Å²) in [5, 5.41) is 13.8. The highest BCUT2D eigenvalue weighted by atomic mass is 32.2. The van der Waals surface area contributed by atoms with Gasteiger partial charge in [-0.05, 0) is 31.4 Å². The first-order valence-corrected chi connectivity index (χ1v) is 11.0. The van der Waals surface area contributed by atoms with E-state index in [0.717, 1.165) is 21.7 Å². The molecule has 1 amide bonds. The van der Waals surface area contributed by atoms with Gasteiger partial charge in [-0.3, -0.25) is 19.2 Å². The largest absolute Gasteiger partial charge is 0.352 e. The number of rotatable bonds is 9. The van der Waals surface area contributed by atoms with Gasteiger partial charge in [0.2, 0.25) is 15.9 Å². The Bertz CT molecular complexity index is 988. The van der Waals surface area contributed by atoms with Crippen LogP contribution in [0.4, 0.5) is 11.4 Å². The van der Waals surface area contributed by atoms with Crippen molar-refractivity contribution in [2.75, 3.05) is 17.1 Å². The molecular formula is C20H25N3O5S. The van der Waals surface area contributed by atoms with Crippen LogP contribution < -0.4 is 9.62 Å². The number of aryl methyl sites for hydroxylation is 2. The van der Waals surface area contributed by atoms with Crippen LogP contribution in [0.2, 0.25) is 0 Å². The van der Waals surface area contributed by atoms with Gasteiger partial charge in [0, 0.05) is 31.6 Å². The first-order chi connectivity index (χ1) is 13.6. The Balaban J connectivity index is 1.99. The number of nitrogens with one attached hydrogen (secondary N) is 1. The minimum absolute atomic E-state index is 0.0544. The van der Waals surface area contributed by atoms with Gasteiger partial charge in [-0.15, -0.1) is 0 Å². The lowest BCUT2D eigenvalue weighted by Gasteiger charge is -2.24. The molecule has 0 aliphatic heterocycles. The number of anilines is 1. The quantitative estimate of drug-likeness (QED) is 0.496. The smallest absolute Gasteiger partial charge is 0.271 e. The molecular weight excluding hydrogens is 394 g/mol. The molecule has 156 valence electrons. The maximum Gasteiger partial charge on any atom is 0.271 e. The second-order valence-electron chi connectivity index (χ2n) is 6.93. The van der Waals surface area contributed by atoms with E-state index in [4.69, 9.17) is 0 Å². The SMILES string of the molecule is Cc1ccc(CNC(=O)CCCN(c2cc([N+](=O)[O-])ccc2C)S(C)(=O)=O)cc1. The molecule has 0 aliphatic rings. The Morgan fingerprint density at radius 3 is 2.38 bits per heavy atom. The van der Waals surface area contributed by atoms with Gasteiger partial charge in [0.15, 0.2) is 0 Å². The fourth-order valence-corrected chi connectivity index (χ4v) is 3.84. The molecule has 0 fully saturated rings. The summed E-state index contributed by atoms with van der Waals surface area (Å²) >= 11 is 0. The van der Waals surface area contributed by atoms with E-state index in [1.165, 1.54) is 18.2 Å². The first kappa shape index (κ1) is 22.4. The highest BCUT2D eigenvalue weighted by Gasteiger charge is 2.21. The number of carbonyl (C=O) groups is 1. The Morgan fingerprint density at radius 1 is 1.14 bits per heavy atom. The second-order valence-corrected chi connectivity index (χ2v) is 8.84. The summed E-state index contributed by atoms with van der Waals surface area (Å²) in [6.07, 6.45) is 1.48. The van der Waals surface area contributed by atoms with Crippen LogP contribution in [0.1, 0.15) is 29.5 Å². The highest BCUT2D eigenvalue weighted by molar-refractivity contribution is 7.92. The summed E-state index contributed by atoms with van der Waals surface area (Å²) in [6, 6.07) is 11.9. The molecule has 2 rings (SSSR count). The maximum atomic E-state index is 12.2. The molecule has 0 spiro atoms. The van der Waals surface area contributed by atoms with Crippen molar-refractivity contribution >= 4 is 27.3 Å². The molecule has 9 heteroatoms. The average Bonchev–Trinajstić information content (AvgIpc) is 2.64. The van der Waals surface area contributed by atoms with E-state index >= 15 is 0 Å². The summed E-state index contributed by atoms with van der Waals surface area (Å²) < 4.78 is 25.6. The average molecular weight is 420 g/mol. The number of benzene rings is 2. The molecule has 0 saturated carbocycles. The Morgan fingerprint density at radius 2 is 1.79 bits per heavy atom. The van der Waals surface area contributed by atoms with Gasteiger partial charge in [0.05, 0.1) is 16.9 Å². The lowest BCUT2D eigenvalue weighted by molar-refractivity contribution is -0.384. The predicted octanol–water partition coefficient (Wildman–Crippen LogP) is 3.07. The topological polar surface area (TPSA) is 110 Å². The van der Waals surface area contributed by atoms with Crippen LogP contribution in [0.3, 0.4) is 0 Å². The summed E-state index contributed by atoms with van der Waals surface area (Å²) in [7, 11) is -3.66. The fraction of sp³-hybridized carbons (Fsp3) is 0.350. The van der Waals surface area contributed by atoms with Crippen LogP contribution in [0.25, 0.3) is 0 Å². The van der Waals surface area contributed by atoms with Gasteiger partial charge in [-0.1, -0.05) is 35.9 Å². The van der Waals surface area contributed by atoms with Gasteiger partial charge in [-0.25, -0.2) is 8.42 Å². The van der Waals surface area contributed by atoms with Crippen molar-refractivity contribution in [3.63, 3.8) is 0 Å². The summed E-state index contributed by atoms with van der Waals surface area (Å²) in [5.41, 5.74) is 2.79. The molecule has 0 atom stereocenters. The predicted molar refractivity (Wildman–Crippen MR) is 112 cm³/mol. The molecule has 0 heterocycles. The zero-order chi connectivity index (χ0) is 21.6. The number of nitro groups is 1. The summed E-state index contributed by atoms with van der Waals surface area (Å²) in [4.78, 5) is 22.6. The van der Waals surface area contributed by atoms with Crippen molar-refractivity contribution in [1.82, 2.24) is 5.32 Å². The zero-order valence-corrected chi connectivity index (χ0v) is 17.5. The monoisotopic (exact) mass is 419 g/mol. The fourth-order valence-electron chi connectivity index (χ4n) is 2.82. The van der Waals surface area contributed by atoms with E-state index in [9.17, 15) is 23.3 Å². The first-order valence-electron chi connectivity index (χ1n) is 9.13. The van der Waals surface area contributed by atoms with Crippen LogP contribution in [0, 0.1) is 24.0 Å². The van der Waals surface area contributed by atoms with Gasteiger partial charge in [0.1, 0.15) is 0 Å². The maximum absolute atomic E-state index is 12.2. The number of sulfonamides is 1. The lowest BCUT2D eigenvalue weighted by Crippen LogP contribution is -2.32. The summed E-state index contributed by atoms with van der Waals surface area (Å²) in [5.74, 6) is -0.185. The Hall–Kier alpha value is -2.94. The molecule has 0 radical (unpaired) electrons. The molecule has 2 aromatic carbocycles. The molecule has 0 saturated heterocycles. The minimum Gasteiger partial charge on any atom is -0.352 e. The number of hydrogen-bond donors (Lipinski definition) is 1. The Labute approximate surface area is 170 Å². The van der Waals surface area contributed by atoms with Crippen molar-refractivity contribution < 1.29 is 18.1 Å². The van der Waals surface area contributed by atoms with Gasteiger partial charge in [-0.2, -0.15) is 0 Å². The van der Waals surface area contributed by atoms with E-state index in [-0.39, 0.29) is 36.7 Å². The minimum atomic E-state index is -3.66. The van der Waals surface area contributed by atoms with E-state index < -0.39 is 14.9 Å². The van der Waals surface area contributed by atoms with Gasteiger partial charge < -0.3 is 5.32 Å². The summed E-state index contributed by atoms with van der Waals surface area (Å²) in [6.45, 7) is 4.13. The number of amides is 1. The third-order valence-corrected chi connectivity index (χ3v) is 5.63. The number of hydrogen-bond acceptors (Lipinski definition) is 5. The molecule has 1 N–H and O–H groups in total. The van der Waals surface area contributed by atoms with Crippen molar-refractivity contribution in [1.29, 1.82) is 0 Å². The number of nitrogens with zero attached hydrogens (tertiary/aromatic N) is 2. The number of nitro benzene ring substituents is 1. The molecule has 29 heavy (non-hydrogen) atoms. The van der Waals surface area contributed by atoms with Crippen molar-refractivity contribution in [2.24, 2.45) is 0 Å². The van der Waals surface area contributed by atoms with E-state index in [2.05, 4.69) is 5.32 Å². The van der Waals surface area contributed by atoms with Crippen molar-refractivity contribution in [3.05, 3.63) is 69.3 Å². The zero-order valence-electron chi connectivity index (χ0n) is 16.7. The van der Waals surface area contributed by atoms with Crippen LogP contribution in [-0.2, 0) is 21.4 Å². The van der Waals surface area contributed by atoms with Crippen LogP contribution in [-0.4, -0.2) is 32.0 Å². The Kier molecular flexibility index (Phi) is 7.33. The second kappa shape index (κ2) is 9.51. The van der Waals surface area contributed by atoms with Gasteiger partial charge in [0.25, 0.3) is 5.69 Å². The van der Waals surface area contributed by atoms with Crippen LogP contribution in [0.5, 0.6) is 0 Å². The van der Waals surface area contributed by atoms with E-state index in [1.54, 1.807) is 6.92 Å². The lowest BCUT2D eigenvalue weighted by atomic mass is 10.1. The van der Waals surface area contributed by atoms with Gasteiger partial charge >= 0.3 is 0 Å². The standard InChI is InChI=1S/C20H25N3O5S/c1-15-6-9-17(10-7-15)14-21-20(24)5-4-12-22(29(3,27)28)19-13-18(23(25)26)11-8-16(19)2/h6-11,13H,4-5,12,14H2,1-3H3,(H,21,24). The molecule has 0 aliphatic carbocycles. The van der Waals surface area contributed by atoms with E-state index in [0.29, 0.717) is 12.1 Å². The third kappa shape index (κ3) is 6.56. The molecule has 0 aromatic heterocycles. The third-order valence-electron chi connectivity index (χ3n) is 4.45. The molecule has 2 aromatic rings. The molecule has 0 unspecified atom stereocenters. The van der Waals surface area contributed by atoms with Crippen molar-refractivity contribution in [3.8, 4) is 0 Å². The normalized spacial score (nSPS) is 11.1. The molecule has 0 bridgehead atoms.